The molecule has 0 N–H and O–H groups in total. The van der Waals surface area contributed by atoms with Crippen LogP contribution in [0.1, 0.15) is 44.9 Å². The van der Waals surface area contributed by atoms with Gasteiger partial charge in [0.2, 0.25) is 0 Å². The van der Waals surface area contributed by atoms with Crippen molar-refractivity contribution in [1.82, 2.24) is 0 Å². The lowest BCUT2D eigenvalue weighted by molar-refractivity contribution is -0.129. The number of benzene rings is 1. The molecule has 1 saturated carbocycles. The molecule has 110 valence electrons. The zero-order chi connectivity index (χ0) is 14.0. The topological polar surface area (TPSA) is 18.5 Å². The lowest BCUT2D eigenvalue weighted by Gasteiger charge is -2.43. The van der Waals surface area contributed by atoms with Gasteiger partial charge in [-0.15, -0.1) is 0 Å². The fraction of sp³-hybridized carbons (Fsp3) is 0.625. The van der Waals surface area contributed by atoms with Crippen LogP contribution in [0.3, 0.4) is 0 Å². The molecule has 1 heterocycles. The lowest BCUT2D eigenvalue weighted by Crippen LogP contribution is -2.45. The third-order valence-corrected chi connectivity index (χ3v) is 5.01. The molecule has 1 atom stereocenters. The Labute approximate surface area is 127 Å². The molecule has 1 spiro atoms. The van der Waals surface area contributed by atoms with E-state index in [0.29, 0.717) is 4.47 Å². The molecule has 1 aliphatic heterocycles. The molecule has 3 rings (SSSR count). The van der Waals surface area contributed by atoms with Crippen molar-refractivity contribution in [2.75, 3.05) is 6.61 Å². The minimum atomic E-state index is -0.256. The van der Waals surface area contributed by atoms with E-state index in [4.69, 9.17) is 9.47 Å². The van der Waals surface area contributed by atoms with Gasteiger partial charge in [-0.2, -0.15) is 0 Å². The number of hydrogen-bond donors (Lipinski definition) is 0. The van der Waals surface area contributed by atoms with Gasteiger partial charge in [-0.3, -0.25) is 0 Å². The third kappa shape index (κ3) is 3.17. The average Bonchev–Trinajstić information content (AvgIpc) is 2.44. The van der Waals surface area contributed by atoms with Crippen LogP contribution in [-0.4, -0.2) is 18.3 Å². The Bertz CT molecular complexity index is 466. The van der Waals surface area contributed by atoms with Gasteiger partial charge in [0.05, 0.1) is 16.7 Å². The maximum absolute atomic E-state index is 13.2. The fourth-order valence-corrected chi connectivity index (χ4v) is 3.73. The number of halogens is 2. The zero-order valence-electron chi connectivity index (χ0n) is 11.5. The zero-order valence-corrected chi connectivity index (χ0v) is 13.1. The van der Waals surface area contributed by atoms with Gasteiger partial charge in [0, 0.05) is 12.8 Å². The SMILES string of the molecule is Fc1ccc(OC2CCOC3(CCCCC3)C2)cc1Br. The lowest BCUT2D eigenvalue weighted by atomic mass is 9.79. The van der Waals surface area contributed by atoms with E-state index in [2.05, 4.69) is 15.9 Å². The van der Waals surface area contributed by atoms with Crippen molar-refractivity contribution in [3.63, 3.8) is 0 Å². The van der Waals surface area contributed by atoms with E-state index in [-0.39, 0.29) is 17.5 Å². The molecule has 0 amide bonds. The van der Waals surface area contributed by atoms with Crippen LogP contribution in [0.5, 0.6) is 5.75 Å². The van der Waals surface area contributed by atoms with Crippen molar-refractivity contribution in [3.05, 3.63) is 28.5 Å². The monoisotopic (exact) mass is 342 g/mol. The summed E-state index contributed by atoms with van der Waals surface area (Å²) < 4.78 is 25.8. The first-order chi connectivity index (χ1) is 9.67. The highest BCUT2D eigenvalue weighted by Gasteiger charge is 2.39. The van der Waals surface area contributed by atoms with Gasteiger partial charge in [0.15, 0.2) is 0 Å². The van der Waals surface area contributed by atoms with Crippen LogP contribution in [0.25, 0.3) is 0 Å². The number of rotatable bonds is 2. The van der Waals surface area contributed by atoms with Crippen LogP contribution < -0.4 is 4.74 Å². The second kappa shape index (κ2) is 6.02. The van der Waals surface area contributed by atoms with Crippen LogP contribution >= 0.6 is 15.9 Å². The molecular formula is C16H20BrFO2. The molecule has 20 heavy (non-hydrogen) atoms. The van der Waals surface area contributed by atoms with Crippen molar-refractivity contribution in [1.29, 1.82) is 0 Å². The average molecular weight is 343 g/mol. The van der Waals surface area contributed by atoms with E-state index >= 15 is 0 Å². The summed E-state index contributed by atoms with van der Waals surface area (Å²) in [5.74, 6) is 0.476. The van der Waals surface area contributed by atoms with Crippen molar-refractivity contribution in [2.24, 2.45) is 0 Å². The Morgan fingerprint density at radius 2 is 2.05 bits per heavy atom. The maximum atomic E-state index is 13.2. The molecule has 2 nitrogen and oxygen atoms in total. The molecule has 0 bridgehead atoms. The van der Waals surface area contributed by atoms with Gasteiger partial charge in [0.25, 0.3) is 0 Å². The Morgan fingerprint density at radius 3 is 2.80 bits per heavy atom. The molecule has 1 unspecified atom stereocenters. The molecule has 4 heteroatoms. The highest BCUT2D eigenvalue weighted by Crippen LogP contribution is 2.39. The fourth-order valence-electron chi connectivity index (χ4n) is 3.37. The van der Waals surface area contributed by atoms with E-state index < -0.39 is 0 Å². The van der Waals surface area contributed by atoms with E-state index in [1.807, 2.05) is 0 Å². The highest BCUT2D eigenvalue weighted by atomic mass is 79.9. The standard InChI is InChI=1S/C16H20BrFO2/c17-14-10-12(4-5-15(14)18)20-13-6-9-19-16(11-13)7-2-1-3-8-16/h4-5,10,13H,1-3,6-9,11H2. The van der Waals surface area contributed by atoms with Gasteiger partial charge in [0.1, 0.15) is 17.7 Å². The van der Waals surface area contributed by atoms with Crippen molar-refractivity contribution in [3.8, 4) is 5.75 Å². The van der Waals surface area contributed by atoms with Gasteiger partial charge in [-0.25, -0.2) is 4.39 Å². The first-order valence-electron chi connectivity index (χ1n) is 7.43. The molecule has 1 aromatic carbocycles. The van der Waals surface area contributed by atoms with Gasteiger partial charge < -0.3 is 9.47 Å². The van der Waals surface area contributed by atoms with Crippen LogP contribution in [-0.2, 0) is 4.74 Å². The first-order valence-corrected chi connectivity index (χ1v) is 8.22. The van der Waals surface area contributed by atoms with Crippen LogP contribution in [0.15, 0.2) is 22.7 Å². The van der Waals surface area contributed by atoms with E-state index in [1.54, 1.807) is 12.1 Å². The third-order valence-electron chi connectivity index (χ3n) is 4.41. The van der Waals surface area contributed by atoms with E-state index in [1.165, 1.54) is 25.3 Å². The summed E-state index contributed by atoms with van der Waals surface area (Å²) >= 11 is 3.20. The molecule has 2 fully saturated rings. The van der Waals surface area contributed by atoms with Crippen LogP contribution in [0, 0.1) is 5.82 Å². The molecular weight excluding hydrogens is 323 g/mol. The predicted octanol–water partition coefficient (Wildman–Crippen LogP) is 4.85. The minimum absolute atomic E-state index is 0.0401. The predicted molar refractivity (Wildman–Crippen MR) is 79.5 cm³/mol. The molecule has 2 aliphatic rings. The Balaban J connectivity index is 1.66. The summed E-state index contributed by atoms with van der Waals surface area (Å²) in [6, 6.07) is 4.84. The smallest absolute Gasteiger partial charge is 0.137 e. The molecule has 0 radical (unpaired) electrons. The number of ether oxygens (including phenoxy) is 2. The quantitative estimate of drug-likeness (QED) is 0.764. The Morgan fingerprint density at radius 1 is 1.25 bits per heavy atom. The molecule has 1 saturated heterocycles. The van der Waals surface area contributed by atoms with Gasteiger partial charge >= 0.3 is 0 Å². The summed E-state index contributed by atoms with van der Waals surface area (Å²) in [5.41, 5.74) is 0.0401. The molecule has 1 aliphatic carbocycles. The van der Waals surface area contributed by atoms with E-state index in [9.17, 15) is 4.39 Å². The Kier molecular flexibility index (Phi) is 4.32. The molecule has 1 aromatic rings. The summed E-state index contributed by atoms with van der Waals surface area (Å²) in [4.78, 5) is 0. The normalized spacial score (nSPS) is 25.6. The van der Waals surface area contributed by atoms with Crippen molar-refractivity contribution < 1.29 is 13.9 Å². The highest BCUT2D eigenvalue weighted by molar-refractivity contribution is 9.10. The van der Waals surface area contributed by atoms with Crippen LogP contribution in [0.4, 0.5) is 4.39 Å². The van der Waals surface area contributed by atoms with Crippen molar-refractivity contribution in [2.45, 2.75) is 56.7 Å². The summed E-state index contributed by atoms with van der Waals surface area (Å²) in [6.07, 6.45) is 8.20. The van der Waals surface area contributed by atoms with E-state index in [0.717, 1.165) is 38.0 Å². The second-order valence-electron chi connectivity index (χ2n) is 5.90. The first kappa shape index (κ1) is 14.3. The van der Waals surface area contributed by atoms with Crippen molar-refractivity contribution >= 4 is 15.9 Å². The Hall–Kier alpha value is -0.610. The second-order valence-corrected chi connectivity index (χ2v) is 6.76. The van der Waals surface area contributed by atoms with Gasteiger partial charge in [-0.05, 0) is 47.0 Å². The summed E-state index contributed by atoms with van der Waals surface area (Å²) in [5, 5.41) is 0. The summed E-state index contributed by atoms with van der Waals surface area (Å²) in [7, 11) is 0. The largest absolute Gasteiger partial charge is 0.490 e. The van der Waals surface area contributed by atoms with Crippen LogP contribution in [0.2, 0.25) is 0 Å². The minimum Gasteiger partial charge on any atom is -0.490 e. The number of hydrogen-bond acceptors (Lipinski definition) is 2. The van der Waals surface area contributed by atoms with Gasteiger partial charge in [-0.1, -0.05) is 19.3 Å². The maximum Gasteiger partial charge on any atom is 0.137 e. The summed E-state index contributed by atoms with van der Waals surface area (Å²) in [6.45, 7) is 0.771. The molecule has 0 aromatic heterocycles.